The van der Waals surface area contributed by atoms with Crippen LogP contribution in [0.4, 0.5) is 5.82 Å². The van der Waals surface area contributed by atoms with E-state index in [0.29, 0.717) is 0 Å². The number of nitrogens with two attached hydrogens (primary N) is 1. The van der Waals surface area contributed by atoms with Crippen molar-refractivity contribution in [2.45, 2.75) is 51.2 Å². The molecule has 0 aromatic carbocycles. The summed E-state index contributed by atoms with van der Waals surface area (Å²) >= 11 is 0. The van der Waals surface area contributed by atoms with Crippen LogP contribution in [0, 0.1) is 0 Å². The first-order valence-corrected chi connectivity index (χ1v) is 7.57. The second kappa shape index (κ2) is 6.55. The topological polar surface area (TPSA) is 51.4 Å². The summed E-state index contributed by atoms with van der Waals surface area (Å²) in [4.78, 5) is 6.92. The number of hydrogen-bond donors (Lipinski definition) is 1. The van der Waals surface area contributed by atoms with E-state index in [9.17, 15) is 0 Å². The summed E-state index contributed by atoms with van der Waals surface area (Å²) < 4.78 is 5.64. The maximum atomic E-state index is 5.98. The first kappa shape index (κ1) is 15.3. The normalized spacial score (nSPS) is 24.7. The molecule has 1 aromatic heterocycles. The number of aromatic nitrogens is 1. The second-order valence-electron chi connectivity index (χ2n) is 6.08. The molecule has 2 unspecified atom stereocenters. The van der Waals surface area contributed by atoms with Crippen LogP contribution in [0.25, 0.3) is 0 Å². The monoisotopic (exact) mass is 277 g/mol. The smallest absolute Gasteiger partial charge is 0.128 e. The van der Waals surface area contributed by atoms with Gasteiger partial charge in [0.15, 0.2) is 0 Å². The molecule has 4 heteroatoms. The molecule has 2 N–H and O–H groups in total. The minimum atomic E-state index is -0.0524. The summed E-state index contributed by atoms with van der Waals surface area (Å²) in [5, 5.41) is 0. The Hall–Kier alpha value is -1.13. The molecule has 2 heterocycles. The Balaban J connectivity index is 2.02. The highest BCUT2D eigenvalue weighted by Crippen LogP contribution is 2.27. The molecule has 0 spiro atoms. The quantitative estimate of drug-likeness (QED) is 0.897. The molecular formula is C16H27N3O. The minimum absolute atomic E-state index is 0.0524. The predicted molar refractivity (Wildman–Crippen MR) is 83.1 cm³/mol. The van der Waals surface area contributed by atoms with Crippen molar-refractivity contribution in [3.05, 3.63) is 23.9 Å². The number of pyridine rings is 1. The van der Waals surface area contributed by atoms with Gasteiger partial charge in [-0.2, -0.15) is 0 Å². The number of nitrogens with zero attached hydrogens (tertiary/aromatic N) is 2. The van der Waals surface area contributed by atoms with Gasteiger partial charge >= 0.3 is 0 Å². The van der Waals surface area contributed by atoms with E-state index in [4.69, 9.17) is 10.5 Å². The standard InChI is InChI=1S/C16H27N3O/c1-4-14(17)10-13-6-7-15(18-11-13)19-9-5-8-16(2,12-19)20-3/h6-7,11,14H,4-5,8-10,12,17H2,1-3H3. The Kier molecular flexibility index (Phi) is 5.00. The number of piperidine rings is 1. The van der Waals surface area contributed by atoms with Crippen LogP contribution in [0.1, 0.15) is 38.7 Å². The fraction of sp³-hybridized carbons (Fsp3) is 0.688. The van der Waals surface area contributed by atoms with E-state index in [1.54, 1.807) is 7.11 Å². The van der Waals surface area contributed by atoms with Crippen LogP contribution in [0.15, 0.2) is 18.3 Å². The van der Waals surface area contributed by atoms with Gasteiger partial charge in [-0.25, -0.2) is 4.98 Å². The fourth-order valence-corrected chi connectivity index (χ4v) is 2.74. The van der Waals surface area contributed by atoms with E-state index in [-0.39, 0.29) is 11.6 Å². The number of ether oxygens (including phenoxy) is 1. The average Bonchev–Trinajstić information content (AvgIpc) is 2.48. The summed E-state index contributed by atoms with van der Waals surface area (Å²) in [5.41, 5.74) is 7.15. The lowest BCUT2D eigenvalue weighted by Crippen LogP contribution is -2.47. The molecule has 1 aliphatic rings. The van der Waals surface area contributed by atoms with E-state index < -0.39 is 0 Å². The average molecular weight is 277 g/mol. The van der Waals surface area contributed by atoms with Crippen LogP contribution < -0.4 is 10.6 Å². The summed E-state index contributed by atoms with van der Waals surface area (Å²) in [5.74, 6) is 1.04. The van der Waals surface area contributed by atoms with Gasteiger partial charge in [0.25, 0.3) is 0 Å². The van der Waals surface area contributed by atoms with Gasteiger partial charge < -0.3 is 15.4 Å². The number of hydrogen-bond acceptors (Lipinski definition) is 4. The third-order valence-electron chi connectivity index (χ3n) is 4.31. The third-order valence-corrected chi connectivity index (χ3v) is 4.31. The van der Waals surface area contributed by atoms with Crippen molar-refractivity contribution < 1.29 is 4.74 Å². The molecule has 112 valence electrons. The highest BCUT2D eigenvalue weighted by Gasteiger charge is 2.31. The van der Waals surface area contributed by atoms with Crippen molar-refractivity contribution in [2.24, 2.45) is 5.73 Å². The molecule has 1 aliphatic heterocycles. The molecule has 2 atom stereocenters. The fourth-order valence-electron chi connectivity index (χ4n) is 2.74. The number of rotatable bonds is 5. The summed E-state index contributed by atoms with van der Waals surface area (Å²) in [6.07, 6.45) is 6.13. The lowest BCUT2D eigenvalue weighted by Gasteiger charge is -2.40. The molecule has 0 radical (unpaired) electrons. The highest BCUT2D eigenvalue weighted by molar-refractivity contribution is 5.40. The van der Waals surface area contributed by atoms with E-state index in [2.05, 4.69) is 35.9 Å². The highest BCUT2D eigenvalue weighted by atomic mass is 16.5. The maximum Gasteiger partial charge on any atom is 0.128 e. The van der Waals surface area contributed by atoms with Gasteiger partial charge in [0.05, 0.1) is 5.60 Å². The molecule has 1 aromatic rings. The van der Waals surface area contributed by atoms with Crippen LogP contribution in [0.5, 0.6) is 0 Å². The number of methoxy groups -OCH3 is 1. The Morgan fingerprint density at radius 1 is 1.50 bits per heavy atom. The second-order valence-corrected chi connectivity index (χ2v) is 6.08. The van der Waals surface area contributed by atoms with E-state index >= 15 is 0 Å². The summed E-state index contributed by atoms with van der Waals surface area (Å²) in [7, 11) is 1.80. The number of anilines is 1. The van der Waals surface area contributed by atoms with Crippen LogP contribution >= 0.6 is 0 Å². The maximum absolute atomic E-state index is 5.98. The van der Waals surface area contributed by atoms with Crippen molar-refractivity contribution in [2.75, 3.05) is 25.1 Å². The molecule has 4 nitrogen and oxygen atoms in total. The molecule has 1 fully saturated rings. The van der Waals surface area contributed by atoms with E-state index in [1.165, 1.54) is 5.56 Å². The summed E-state index contributed by atoms with van der Waals surface area (Å²) in [6, 6.07) is 4.49. The zero-order valence-corrected chi connectivity index (χ0v) is 12.9. The van der Waals surface area contributed by atoms with Crippen molar-refractivity contribution in [3.63, 3.8) is 0 Å². The lowest BCUT2D eigenvalue weighted by atomic mass is 9.95. The Labute approximate surface area is 122 Å². The van der Waals surface area contributed by atoms with Gasteiger partial charge in [0, 0.05) is 32.4 Å². The lowest BCUT2D eigenvalue weighted by molar-refractivity contribution is -0.00481. The van der Waals surface area contributed by atoms with E-state index in [1.807, 2.05) is 6.20 Å². The molecule has 0 aliphatic carbocycles. The molecule has 1 saturated heterocycles. The van der Waals surface area contributed by atoms with Gasteiger partial charge in [-0.1, -0.05) is 13.0 Å². The Bertz CT molecular complexity index is 420. The molecule has 2 rings (SSSR count). The predicted octanol–water partition coefficient (Wildman–Crippen LogP) is 2.37. The minimum Gasteiger partial charge on any atom is -0.377 e. The van der Waals surface area contributed by atoms with Gasteiger partial charge in [-0.3, -0.25) is 0 Å². The van der Waals surface area contributed by atoms with Crippen LogP contribution in [0.3, 0.4) is 0 Å². The van der Waals surface area contributed by atoms with Crippen molar-refractivity contribution in [1.29, 1.82) is 0 Å². The van der Waals surface area contributed by atoms with Gasteiger partial charge in [-0.15, -0.1) is 0 Å². The van der Waals surface area contributed by atoms with Crippen LogP contribution in [0.2, 0.25) is 0 Å². The van der Waals surface area contributed by atoms with Crippen molar-refractivity contribution in [1.82, 2.24) is 4.98 Å². The summed E-state index contributed by atoms with van der Waals surface area (Å²) in [6.45, 7) is 6.25. The first-order valence-electron chi connectivity index (χ1n) is 7.57. The van der Waals surface area contributed by atoms with Gasteiger partial charge in [-0.05, 0) is 44.2 Å². The third kappa shape index (κ3) is 3.70. The molecular weight excluding hydrogens is 250 g/mol. The van der Waals surface area contributed by atoms with E-state index in [0.717, 1.165) is 44.6 Å². The first-order chi connectivity index (χ1) is 9.56. The Morgan fingerprint density at radius 3 is 2.90 bits per heavy atom. The molecule has 0 amide bonds. The zero-order chi connectivity index (χ0) is 14.6. The van der Waals surface area contributed by atoms with Crippen LogP contribution in [-0.4, -0.2) is 36.8 Å². The SMILES string of the molecule is CCC(N)Cc1ccc(N2CCCC(C)(OC)C2)nc1. The van der Waals surface area contributed by atoms with Gasteiger partial charge in [0.2, 0.25) is 0 Å². The van der Waals surface area contributed by atoms with Crippen LogP contribution in [-0.2, 0) is 11.2 Å². The zero-order valence-electron chi connectivity index (χ0n) is 12.9. The molecule has 0 bridgehead atoms. The van der Waals surface area contributed by atoms with Crippen molar-refractivity contribution in [3.8, 4) is 0 Å². The Morgan fingerprint density at radius 2 is 2.30 bits per heavy atom. The largest absolute Gasteiger partial charge is 0.377 e. The molecule has 0 saturated carbocycles. The molecule has 20 heavy (non-hydrogen) atoms. The van der Waals surface area contributed by atoms with Gasteiger partial charge in [0.1, 0.15) is 5.82 Å². The van der Waals surface area contributed by atoms with Crippen molar-refractivity contribution >= 4 is 5.82 Å².